The molecule has 1 aliphatic heterocycles. The molecule has 0 atom stereocenters. The van der Waals surface area contributed by atoms with E-state index in [0.29, 0.717) is 11.4 Å². The number of anilines is 1. The largest absolute Gasteiger partial charge is 0.309 e. The first-order valence-corrected chi connectivity index (χ1v) is 11.4. The predicted octanol–water partition coefficient (Wildman–Crippen LogP) is 4.12. The van der Waals surface area contributed by atoms with Crippen molar-refractivity contribution in [2.45, 2.75) is 16.7 Å². The predicted molar refractivity (Wildman–Crippen MR) is 118 cm³/mol. The molecule has 0 fully saturated rings. The van der Waals surface area contributed by atoms with E-state index in [1.54, 1.807) is 72.1 Å². The molecule has 0 bridgehead atoms. The standard InChI is InChI=1S/C22H19N3O3S2/c1-15-10-12-16(13-11-15)30(27,28)21-17-7-3-4-8-18(17)29-25(2)20(21)22(26)24-19-9-5-6-14-23-19/h3-14H,1-2H3,(H,23,24,26). The lowest BCUT2D eigenvalue weighted by molar-refractivity contribution is -0.113. The number of likely N-dealkylation sites (N-methyl/N-ethyl adjacent to an activating group) is 1. The van der Waals surface area contributed by atoms with Crippen molar-refractivity contribution >= 4 is 38.4 Å². The number of aromatic nitrogens is 1. The number of rotatable bonds is 4. The number of hydrogen-bond donors (Lipinski definition) is 1. The van der Waals surface area contributed by atoms with Crippen LogP contribution in [0.4, 0.5) is 5.82 Å². The van der Waals surface area contributed by atoms with Gasteiger partial charge in [-0.25, -0.2) is 13.4 Å². The zero-order valence-electron chi connectivity index (χ0n) is 16.4. The van der Waals surface area contributed by atoms with E-state index in [9.17, 15) is 13.2 Å². The SMILES string of the molecule is Cc1ccc(S(=O)(=O)C2=C(C(=O)Nc3ccccn3)N(C)Sc3ccccc32)cc1. The summed E-state index contributed by atoms with van der Waals surface area (Å²) in [5.41, 5.74) is 1.52. The fourth-order valence-electron chi connectivity index (χ4n) is 3.16. The van der Waals surface area contributed by atoms with Crippen molar-refractivity contribution in [3.8, 4) is 0 Å². The van der Waals surface area contributed by atoms with Gasteiger partial charge in [0.2, 0.25) is 9.84 Å². The van der Waals surface area contributed by atoms with Crippen LogP contribution < -0.4 is 5.32 Å². The Kier molecular flexibility index (Phi) is 5.36. The van der Waals surface area contributed by atoms with E-state index in [-0.39, 0.29) is 15.5 Å². The van der Waals surface area contributed by atoms with Crippen LogP contribution in [0.2, 0.25) is 0 Å². The van der Waals surface area contributed by atoms with Gasteiger partial charge in [0, 0.05) is 23.7 Å². The monoisotopic (exact) mass is 437 g/mol. The van der Waals surface area contributed by atoms with Crippen molar-refractivity contribution in [2.24, 2.45) is 0 Å². The van der Waals surface area contributed by atoms with Gasteiger partial charge < -0.3 is 9.62 Å². The number of amides is 1. The molecule has 152 valence electrons. The highest BCUT2D eigenvalue weighted by molar-refractivity contribution is 8.01. The van der Waals surface area contributed by atoms with Gasteiger partial charge in [-0.1, -0.05) is 42.0 Å². The summed E-state index contributed by atoms with van der Waals surface area (Å²) in [5, 5.41) is 2.71. The molecule has 30 heavy (non-hydrogen) atoms. The topological polar surface area (TPSA) is 79.4 Å². The number of nitrogens with one attached hydrogen (secondary N) is 1. The van der Waals surface area contributed by atoms with Crippen LogP contribution in [0.25, 0.3) is 4.91 Å². The highest BCUT2D eigenvalue weighted by Crippen LogP contribution is 2.44. The number of nitrogens with zero attached hydrogens (tertiary/aromatic N) is 2. The van der Waals surface area contributed by atoms with Gasteiger partial charge in [-0.3, -0.25) is 4.79 Å². The number of fused-ring (bicyclic) bond motifs is 1. The van der Waals surface area contributed by atoms with Crippen molar-refractivity contribution in [2.75, 3.05) is 12.4 Å². The molecule has 3 aromatic rings. The molecule has 0 saturated heterocycles. The van der Waals surface area contributed by atoms with Crippen molar-refractivity contribution in [3.05, 3.63) is 89.8 Å². The summed E-state index contributed by atoms with van der Waals surface area (Å²) < 4.78 is 29.0. The number of pyridine rings is 1. The van der Waals surface area contributed by atoms with Crippen molar-refractivity contribution in [3.63, 3.8) is 0 Å². The normalized spacial score (nSPS) is 13.7. The van der Waals surface area contributed by atoms with Crippen LogP contribution in [0.15, 0.2) is 88.4 Å². The minimum atomic E-state index is -3.97. The van der Waals surface area contributed by atoms with Gasteiger partial charge in [0.25, 0.3) is 5.91 Å². The minimum Gasteiger partial charge on any atom is -0.309 e. The molecular formula is C22H19N3O3S2. The van der Waals surface area contributed by atoms with E-state index in [4.69, 9.17) is 0 Å². The average Bonchev–Trinajstić information content (AvgIpc) is 2.73. The van der Waals surface area contributed by atoms with Crippen molar-refractivity contribution in [1.82, 2.24) is 9.29 Å². The van der Waals surface area contributed by atoms with Crippen molar-refractivity contribution in [1.29, 1.82) is 0 Å². The maximum Gasteiger partial charge on any atom is 0.275 e. The number of hydrogen-bond acceptors (Lipinski definition) is 6. The number of benzene rings is 2. The quantitative estimate of drug-likeness (QED) is 0.619. The van der Waals surface area contributed by atoms with E-state index in [0.717, 1.165) is 10.5 Å². The van der Waals surface area contributed by atoms with Crippen LogP contribution >= 0.6 is 11.9 Å². The summed E-state index contributed by atoms with van der Waals surface area (Å²) >= 11 is 1.31. The Morgan fingerprint density at radius 1 is 1.00 bits per heavy atom. The molecule has 1 aliphatic rings. The molecule has 4 rings (SSSR count). The third kappa shape index (κ3) is 3.71. The van der Waals surface area contributed by atoms with Crippen LogP contribution in [0, 0.1) is 6.92 Å². The first-order chi connectivity index (χ1) is 14.4. The van der Waals surface area contributed by atoms with E-state index in [2.05, 4.69) is 10.3 Å². The Morgan fingerprint density at radius 2 is 1.70 bits per heavy atom. The summed E-state index contributed by atoms with van der Waals surface area (Å²) in [6, 6.07) is 18.9. The van der Waals surface area contributed by atoms with Gasteiger partial charge in [-0.2, -0.15) is 0 Å². The van der Waals surface area contributed by atoms with E-state index in [1.165, 1.54) is 11.9 Å². The second-order valence-electron chi connectivity index (χ2n) is 6.75. The van der Waals surface area contributed by atoms with E-state index in [1.807, 2.05) is 19.1 Å². The molecule has 1 N–H and O–H groups in total. The fraction of sp³-hybridized carbons (Fsp3) is 0.0909. The Morgan fingerprint density at radius 3 is 2.40 bits per heavy atom. The molecule has 0 saturated carbocycles. The van der Waals surface area contributed by atoms with Crippen LogP contribution in [0.1, 0.15) is 11.1 Å². The Bertz CT molecular complexity index is 1240. The molecule has 0 radical (unpaired) electrons. The first-order valence-electron chi connectivity index (χ1n) is 9.17. The lowest BCUT2D eigenvalue weighted by Gasteiger charge is -2.29. The maximum absolute atomic E-state index is 13.7. The Labute approximate surface area is 179 Å². The summed E-state index contributed by atoms with van der Waals surface area (Å²) in [5.74, 6) is -0.191. The van der Waals surface area contributed by atoms with Gasteiger partial charge in [0.05, 0.1) is 4.90 Å². The van der Waals surface area contributed by atoms with Crippen LogP contribution in [0.3, 0.4) is 0 Å². The molecule has 2 heterocycles. The molecule has 0 aliphatic carbocycles. The molecule has 0 spiro atoms. The maximum atomic E-state index is 13.7. The zero-order chi connectivity index (χ0) is 21.3. The first kappa shape index (κ1) is 20.2. The summed E-state index contributed by atoms with van der Waals surface area (Å²) in [6.07, 6.45) is 1.56. The van der Waals surface area contributed by atoms with Gasteiger partial charge in [-0.15, -0.1) is 0 Å². The summed E-state index contributed by atoms with van der Waals surface area (Å²) in [6.45, 7) is 1.89. The van der Waals surface area contributed by atoms with Gasteiger partial charge >= 0.3 is 0 Å². The van der Waals surface area contributed by atoms with Crippen LogP contribution in [-0.2, 0) is 14.6 Å². The highest BCUT2D eigenvalue weighted by atomic mass is 32.2. The zero-order valence-corrected chi connectivity index (χ0v) is 18.0. The van der Waals surface area contributed by atoms with Gasteiger partial charge in [-0.05, 0) is 49.2 Å². The average molecular weight is 438 g/mol. The Balaban J connectivity index is 1.92. The summed E-state index contributed by atoms with van der Waals surface area (Å²) in [4.78, 5) is 18.2. The number of carbonyl (C=O) groups excluding carboxylic acids is 1. The molecule has 1 amide bonds. The van der Waals surface area contributed by atoms with E-state index >= 15 is 0 Å². The Hall–Kier alpha value is -3.10. The highest BCUT2D eigenvalue weighted by Gasteiger charge is 2.36. The molecule has 1 aromatic heterocycles. The van der Waals surface area contributed by atoms with E-state index < -0.39 is 15.7 Å². The van der Waals surface area contributed by atoms with Crippen LogP contribution in [0.5, 0.6) is 0 Å². The molecule has 0 unspecified atom stereocenters. The van der Waals surface area contributed by atoms with Crippen molar-refractivity contribution < 1.29 is 13.2 Å². The third-order valence-electron chi connectivity index (χ3n) is 4.62. The molecule has 2 aromatic carbocycles. The second-order valence-corrected chi connectivity index (χ2v) is 9.80. The van der Waals surface area contributed by atoms with Gasteiger partial charge in [0.1, 0.15) is 16.4 Å². The lowest BCUT2D eigenvalue weighted by Crippen LogP contribution is -2.29. The smallest absolute Gasteiger partial charge is 0.275 e. The molecule has 8 heteroatoms. The van der Waals surface area contributed by atoms with Gasteiger partial charge in [0.15, 0.2) is 0 Å². The van der Waals surface area contributed by atoms with Crippen LogP contribution in [-0.4, -0.2) is 30.7 Å². The minimum absolute atomic E-state index is 0.0170. The fourth-order valence-corrected chi connectivity index (χ4v) is 5.94. The second kappa shape index (κ2) is 7.97. The molecule has 6 nitrogen and oxygen atoms in total. The summed E-state index contributed by atoms with van der Waals surface area (Å²) in [7, 11) is -2.29. The number of carbonyl (C=O) groups is 1. The number of sulfone groups is 1. The lowest BCUT2D eigenvalue weighted by atomic mass is 10.1. The molecular weight excluding hydrogens is 418 g/mol. The third-order valence-corrected chi connectivity index (χ3v) is 7.47. The number of aryl methyl sites for hydroxylation is 1.